The lowest BCUT2D eigenvalue weighted by Crippen LogP contribution is -2.13. The molecule has 2 nitrogen and oxygen atoms in total. The van der Waals surface area contributed by atoms with E-state index in [0.717, 1.165) is 12.5 Å². The van der Waals surface area contributed by atoms with Crippen molar-refractivity contribution >= 4 is 17.0 Å². The predicted octanol–water partition coefficient (Wildman–Crippen LogP) is 1.39. The number of halogens is 1. The second kappa shape index (κ2) is 1.87. The van der Waals surface area contributed by atoms with E-state index < -0.39 is 0 Å². The molecule has 1 unspecified atom stereocenters. The van der Waals surface area contributed by atoms with E-state index in [1.807, 2.05) is 0 Å². The van der Waals surface area contributed by atoms with E-state index >= 15 is 0 Å². The third-order valence-corrected chi connectivity index (χ3v) is 2.00. The Morgan fingerprint density at radius 2 is 2.33 bits per heavy atom. The maximum atomic E-state index is 5.51. The van der Waals surface area contributed by atoms with Gasteiger partial charge in [0.05, 0.1) is 6.54 Å². The van der Waals surface area contributed by atoms with Crippen LogP contribution in [0.5, 0.6) is 0 Å². The van der Waals surface area contributed by atoms with Gasteiger partial charge < -0.3 is 4.74 Å². The molecule has 1 fully saturated rings. The number of hydrogen-bond acceptors (Lipinski definition) is 2. The molecule has 1 aliphatic heterocycles. The predicted molar refractivity (Wildman–Crippen MR) is 35.8 cm³/mol. The number of rotatable bonds is 1. The lowest BCUT2D eigenvalue weighted by atomic mass is 10.2. The Labute approximate surface area is 58.9 Å². The van der Waals surface area contributed by atoms with Crippen molar-refractivity contribution in [1.82, 2.24) is 0 Å². The molecule has 0 radical (unpaired) electrons. The summed E-state index contributed by atoms with van der Waals surface area (Å²) in [5.74, 6) is 0.755. The van der Waals surface area contributed by atoms with Crippen molar-refractivity contribution in [3.8, 4) is 0 Å². The van der Waals surface area contributed by atoms with Crippen molar-refractivity contribution in [2.75, 3.05) is 6.54 Å². The maximum absolute atomic E-state index is 5.51. The fraction of sp³-hybridized carbons (Fsp3) is 0.833. The minimum Gasteiger partial charge on any atom is -0.464 e. The Morgan fingerprint density at radius 3 is 2.78 bits per heavy atom. The summed E-state index contributed by atoms with van der Waals surface area (Å²) in [5.41, 5.74) is 0. The SMILES string of the molecule is ClC1=NCC(C2CC2)O1. The summed E-state index contributed by atoms with van der Waals surface area (Å²) in [5, 5.41) is 0.354. The molecule has 0 saturated heterocycles. The summed E-state index contributed by atoms with van der Waals surface area (Å²) in [6.07, 6.45) is 2.91. The highest BCUT2D eigenvalue weighted by Gasteiger charge is 2.35. The number of ether oxygens (including phenoxy) is 1. The van der Waals surface area contributed by atoms with Crippen LogP contribution in [0.2, 0.25) is 0 Å². The monoisotopic (exact) mass is 145 g/mol. The molecule has 9 heavy (non-hydrogen) atoms. The maximum Gasteiger partial charge on any atom is 0.282 e. The van der Waals surface area contributed by atoms with Gasteiger partial charge in [-0.05, 0) is 30.4 Å². The van der Waals surface area contributed by atoms with E-state index in [2.05, 4.69) is 4.99 Å². The molecule has 50 valence electrons. The molecule has 0 aromatic heterocycles. The number of aliphatic imine (C=N–C) groups is 1. The average Bonchev–Trinajstić information content (AvgIpc) is 2.58. The van der Waals surface area contributed by atoms with Crippen molar-refractivity contribution in [2.24, 2.45) is 10.9 Å². The van der Waals surface area contributed by atoms with E-state index in [4.69, 9.17) is 16.3 Å². The summed E-state index contributed by atoms with van der Waals surface area (Å²) in [6, 6.07) is 0. The van der Waals surface area contributed by atoms with Crippen LogP contribution in [0, 0.1) is 5.92 Å². The molecule has 1 saturated carbocycles. The first-order valence-corrected chi connectivity index (χ1v) is 3.60. The minimum absolute atomic E-state index is 0.317. The molecular formula is C6H8ClNO. The van der Waals surface area contributed by atoms with Gasteiger partial charge in [-0.15, -0.1) is 0 Å². The van der Waals surface area contributed by atoms with Crippen LogP contribution >= 0.6 is 11.6 Å². The lowest BCUT2D eigenvalue weighted by Gasteiger charge is -2.05. The van der Waals surface area contributed by atoms with Gasteiger partial charge in [0, 0.05) is 0 Å². The van der Waals surface area contributed by atoms with Crippen molar-refractivity contribution < 1.29 is 4.74 Å². The summed E-state index contributed by atoms with van der Waals surface area (Å²) in [7, 11) is 0. The fourth-order valence-electron chi connectivity index (χ4n) is 1.07. The van der Waals surface area contributed by atoms with Gasteiger partial charge in [-0.3, -0.25) is 0 Å². The van der Waals surface area contributed by atoms with E-state index in [1.165, 1.54) is 12.8 Å². The van der Waals surface area contributed by atoms with Gasteiger partial charge in [0.15, 0.2) is 0 Å². The van der Waals surface area contributed by atoms with Crippen LogP contribution < -0.4 is 0 Å². The summed E-state index contributed by atoms with van der Waals surface area (Å²) in [6.45, 7) is 0.781. The molecule has 0 amide bonds. The molecule has 1 atom stereocenters. The molecule has 1 aliphatic carbocycles. The standard InChI is InChI=1S/C6H8ClNO/c7-6-8-3-5(9-6)4-1-2-4/h4-5H,1-3H2. The van der Waals surface area contributed by atoms with Gasteiger partial charge in [0.25, 0.3) is 5.36 Å². The quantitative estimate of drug-likeness (QED) is 0.547. The van der Waals surface area contributed by atoms with Gasteiger partial charge >= 0.3 is 0 Å². The van der Waals surface area contributed by atoms with E-state index in [1.54, 1.807) is 0 Å². The molecule has 1 heterocycles. The Bertz CT molecular complexity index is 153. The molecule has 0 aromatic rings. The second-order valence-electron chi connectivity index (χ2n) is 2.59. The van der Waals surface area contributed by atoms with Gasteiger partial charge in [-0.1, -0.05) is 0 Å². The Kier molecular flexibility index (Phi) is 1.15. The third-order valence-electron chi connectivity index (χ3n) is 1.79. The second-order valence-corrected chi connectivity index (χ2v) is 2.91. The van der Waals surface area contributed by atoms with Crippen molar-refractivity contribution in [2.45, 2.75) is 18.9 Å². The van der Waals surface area contributed by atoms with E-state index in [0.29, 0.717) is 11.5 Å². The lowest BCUT2D eigenvalue weighted by molar-refractivity contribution is 0.204. The molecular weight excluding hydrogens is 138 g/mol. The molecule has 3 heteroatoms. The van der Waals surface area contributed by atoms with Crippen molar-refractivity contribution in [3.63, 3.8) is 0 Å². The fourth-order valence-corrected chi connectivity index (χ4v) is 1.26. The van der Waals surface area contributed by atoms with E-state index in [9.17, 15) is 0 Å². The largest absolute Gasteiger partial charge is 0.464 e. The zero-order chi connectivity index (χ0) is 6.27. The number of hydrogen-bond donors (Lipinski definition) is 0. The Morgan fingerprint density at radius 1 is 1.56 bits per heavy atom. The van der Waals surface area contributed by atoms with Crippen LogP contribution in [0.3, 0.4) is 0 Å². The van der Waals surface area contributed by atoms with Crippen LogP contribution in [0.1, 0.15) is 12.8 Å². The van der Waals surface area contributed by atoms with Crippen LogP contribution in [0.15, 0.2) is 4.99 Å². The number of nitrogens with zero attached hydrogens (tertiary/aromatic N) is 1. The highest BCUT2D eigenvalue weighted by molar-refractivity contribution is 6.63. The van der Waals surface area contributed by atoms with Gasteiger partial charge in [0.1, 0.15) is 6.10 Å². The van der Waals surface area contributed by atoms with Crippen LogP contribution in [-0.4, -0.2) is 18.0 Å². The van der Waals surface area contributed by atoms with Gasteiger partial charge in [0.2, 0.25) is 0 Å². The highest BCUT2D eigenvalue weighted by atomic mass is 35.5. The minimum atomic E-state index is 0.317. The Hall–Kier alpha value is -0.240. The first-order chi connectivity index (χ1) is 4.36. The first-order valence-electron chi connectivity index (χ1n) is 3.23. The molecule has 2 rings (SSSR count). The highest BCUT2D eigenvalue weighted by Crippen LogP contribution is 2.36. The molecule has 2 aliphatic rings. The van der Waals surface area contributed by atoms with Crippen LogP contribution in [-0.2, 0) is 4.74 Å². The topological polar surface area (TPSA) is 21.6 Å². The summed E-state index contributed by atoms with van der Waals surface area (Å²) < 4.78 is 5.20. The third kappa shape index (κ3) is 1.04. The van der Waals surface area contributed by atoms with Crippen molar-refractivity contribution in [3.05, 3.63) is 0 Å². The molecule has 0 spiro atoms. The van der Waals surface area contributed by atoms with Crippen molar-refractivity contribution in [1.29, 1.82) is 0 Å². The van der Waals surface area contributed by atoms with Crippen LogP contribution in [0.4, 0.5) is 0 Å². The smallest absolute Gasteiger partial charge is 0.282 e. The summed E-state index contributed by atoms with van der Waals surface area (Å²) >= 11 is 5.51. The molecule has 0 bridgehead atoms. The molecule has 0 aromatic carbocycles. The van der Waals surface area contributed by atoms with Crippen LogP contribution in [0.25, 0.3) is 0 Å². The normalized spacial score (nSPS) is 33.9. The zero-order valence-corrected chi connectivity index (χ0v) is 5.77. The summed E-state index contributed by atoms with van der Waals surface area (Å²) in [4.78, 5) is 3.94. The zero-order valence-electron chi connectivity index (χ0n) is 5.01. The van der Waals surface area contributed by atoms with Gasteiger partial charge in [-0.2, -0.15) is 0 Å². The van der Waals surface area contributed by atoms with Gasteiger partial charge in [-0.25, -0.2) is 4.99 Å². The Balaban J connectivity index is 1.91. The average molecular weight is 146 g/mol. The van der Waals surface area contributed by atoms with E-state index in [-0.39, 0.29) is 0 Å². The first kappa shape index (κ1) is 5.54. The molecule has 0 N–H and O–H groups in total.